The number of carboxylic acid groups (broad SMARTS) is 1. The summed E-state index contributed by atoms with van der Waals surface area (Å²) in [4.78, 5) is 14.6. The van der Waals surface area contributed by atoms with Crippen molar-refractivity contribution in [3.63, 3.8) is 0 Å². The molecule has 0 spiro atoms. The molecule has 0 amide bonds. The molecule has 0 atom stereocenters. The van der Waals surface area contributed by atoms with E-state index in [2.05, 4.69) is 15.2 Å². The molecule has 0 saturated carbocycles. The van der Waals surface area contributed by atoms with E-state index in [0.29, 0.717) is 11.0 Å². The van der Waals surface area contributed by atoms with E-state index in [1.807, 2.05) is 0 Å². The van der Waals surface area contributed by atoms with E-state index in [1.165, 1.54) is 12.3 Å². The predicted octanol–water partition coefficient (Wildman–Crippen LogP) is 0.656. The van der Waals surface area contributed by atoms with E-state index in [1.54, 1.807) is 6.20 Å². The Balaban J connectivity index is 2.82. The minimum Gasteiger partial charge on any atom is -0.478 e. The Morgan fingerprint density at radius 2 is 2.42 bits per heavy atom. The molecule has 2 heterocycles. The molecule has 2 aromatic heterocycles. The van der Waals surface area contributed by atoms with Crippen LogP contribution in [-0.4, -0.2) is 26.3 Å². The van der Waals surface area contributed by atoms with E-state index in [-0.39, 0.29) is 5.56 Å². The molecule has 2 N–H and O–H groups in total. The van der Waals surface area contributed by atoms with Crippen molar-refractivity contribution in [2.75, 3.05) is 0 Å². The molecule has 60 valence electrons. The predicted molar refractivity (Wildman–Crippen MR) is 40.8 cm³/mol. The highest BCUT2D eigenvalue weighted by Gasteiger charge is 2.09. The van der Waals surface area contributed by atoms with Crippen LogP contribution < -0.4 is 0 Å². The second-order valence-electron chi connectivity index (χ2n) is 2.28. The normalized spacial score (nSPS) is 10.3. The van der Waals surface area contributed by atoms with Gasteiger partial charge in [-0.05, 0) is 6.07 Å². The maximum Gasteiger partial charge on any atom is 0.338 e. The second-order valence-corrected chi connectivity index (χ2v) is 2.28. The molecule has 5 nitrogen and oxygen atoms in total. The Hall–Kier alpha value is -1.91. The van der Waals surface area contributed by atoms with Gasteiger partial charge in [0.25, 0.3) is 0 Å². The fourth-order valence-electron chi connectivity index (χ4n) is 1.02. The van der Waals surface area contributed by atoms with Gasteiger partial charge in [0.2, 0.25) is 0 Å². The minimum atomic E-state index is -0.991. The Kier molecular flexibility index (Phi) is 1.30. The highest BCUT2D eigenvalue weighted by Crippen LogP contribution is 2.11. The smallest absolute Gasteiger partial charge is 0.338 e. The first-order chi connectivity index (χ1) is 5.79. The molecule has 0 aromatic carbocycles. The average molecular weight is 163 g/mol. The van der Waals surface area contributed by atoms with E-state index in [9.17, 15) is 4.79 Å². The number of aromatic nitrogens is 3. The second kappa shape index (κ2) is 2.30. The van der Waals surface area contributed by atoms with Crippen molar-refractivity contribution >= 4 is 17.0 Å². The van der Waals surface area contributed by atoms with Crippen molar-refractivity contribution in [2.24, 2.45) is 0 Å². The monoisotopic (exact) mass is 163 g/mol. The number of aromatic amines is 1. The molecule has 0 saturated heterocycles. The molecular weight excluding hydrogens is 158 g/mol. The summed E-state index contributed by atoms with van der Waals surface area (Å²) in [5.41, 5.74) is 1.13. The van der Waals surface area contributed by atoms with Crippen molar-refractivity contribution in [1.82, 2.24) is 15.2 Å². The number of rotatable bonds is 1. The van der Waals surface area contributed by atoms with Gasteiger partial charge in [0.1, 0.15) is 11.0 Å². The van der Waals surface area contributed by atoms with Crippen LogP contribution in [0, 0.1) is 0 Å². The van der Waals surface area contributed by atoms with Crippen LogP contribution in [0.25, 0.3) is 11.0 Å². The van der Waals surface area contributed by atoms with Crippen LogP contribution in [0.4, 0.5) is 0 Å². The van der Waals surface area contributed by atoms with E-state index < -0.39 is 5.97 Å². The maximum atomic E-state index is 10.6. The summed E-state index contributed by atoms with van der Waals surface area (Å²) in [5.74, 6) is -0.991. The number of nitrogens with zero attached hydrogens (tertiary/aromatic N) is 2. The molecule has 0 aliphatic rings. The third-order valence-corrected chi connectivity index (χ3v) is 1.56. The van der Waals surface area contributed by atoms with Crippen LogP contribution in [0.5, 0.6) is 0 Å². The lowest BCUT2D eigenvalue weighted by atomic mass is 10.2. The van der Waals surface area contributed by atoms with Crippen molar-refractivity contribution in [2.45, 2.75) is 0 Å². The molecule has 0 aliphatic carbocycles. The van der Waals surface area contributed by atoms with E-state index >= 15 is 0 Å². The zero-order valence-corrected chi connectivity index (χ0v) is 5.98. The van der Waals surface area contributed by atoms with E-state index in [0.717, 1.165) is 0 Å². The number of hydrogen-bond acceptors (Lipinski definition) is 3. The molecule has 0 aliphatic heterocycles. The molecule has 5 heteroatoms. The largest absolute Gasteiger partial charge is 0.478 e. The summed E-state index contributed by atoms with van der Waals surface area (Å²) in [7, 11) is 0. The standard InChI is InChI=1S/C7H5N3O2/c11-7(12)4-1-2-8-5-3-9-10-6(4)5/h1-3H,(H,9,10)(H,11,12). The van der Waals surface area contributed by atoms with Gasteiger partial charge in [0.15, 0.2) is 0 Å². The molecule has 2 rings (SSSR count). The molecule has 12 heavy (non-hydrogen) atoms. The number of nitrogens with one attached hydrogen (secondary N) is 1. The van der Waals surface area contributed by atoms with Crippen molar-refractivity contribution in [1.29, 1.82) is 0 Å². The number of fused-ring (bicyclic) bond motifs is 1. The van der Waals surface area contributed by atoms with Gasteiger partial charge in [-0.15, -0.1) is 0 Å². The summed E-state index contributed by atoms with van der Waals surface area (Å²) in [6.45, 7) is 0. The third-order valence-electron chi connectivity index (χ3n) is 1.56. The number of H-pyrrole nitrogens is 1. The summed E-state index contributed by atoms with van der Waals surface area (Å²) < 4.78 is 0. The van der Waals surface area contributed by atoms with Crippen molar-refractivity contribution < 1.29 is 9.90 Å². The van der Waals surface area contributed by atoms with Crippen molar-refractivity contribution in [3.8, 4) is 0 Å². The number of carboxylic acids is 1. The number of pyridine rings is 1. The first-order valence-electron chi connectivity index (χ1n) is 3.31. The summed E-state index contributed by atoms with van der Waals surface area (Å²) in [6, 6.07) is 1.42. The van der Waals surface area contributed by atoms with Gasteiger partial charge < -0.3 is 5.11 Å². The highest BCUT2D eigenvalue weighted by molar-refractivity contribution is 6.00. The SMILES string of the molecule is O=C(O)c1ccnc2c[nH]nc12. The van der Waals surface area contributed by atoms with Gasteiger partial charge in [0, 0.05) is 12.4 Å². The van der Waals surface area contributed by atoms with Crippen molar-refractivity contribution in [3.05, 3.63) is 24.0 Å². The summed E-state index contributed by atoms with van der Waals surface area (Å²) in [6.07, 6.45) is 3.00. The Morgan fingerprint density at radius 3 is 3.17 bits per heavy atom. The van der Waals surface area contributed by atoms with Crippen LogP contribution in [0.1, 0.15) is 10.4 Å². The van der Waals surface area contributed by atoms with Crippen LogP contribution in [-0.2, 0) is 0 Å². The fourth-order valence-corrected chi connectivity index (χ4v) is 1.02. The number of aromatic carboxylic acids is 1. The lowest BCUT2D eigenvalue weighted by molar-refractivity contribution is 0.0698. The number of carbonyl (C=O) groups is 1. The van der Waals surface area contributed by atoms with Crippen LogP contribution in [0.2, 0.25) is 0 Å². The molecule has 2 aromatic rings. The average Bonchev–Trinajstić information content (AvgIpc) is 2.49. The van der Waals surface area contributed by atoms with Crippen LogP contribution >= 0.6 is 0 Å². The lowest BCUT2D eigenvalue weighted by Crippen LogP contribution is -1.97. The topological polar surface area (TPSA) is 78.9 Å². The molecule has 0 radical (unpaired) electrons. The third kappa shape index (κ3) is 0.833. The van der Waals surface area contributed by atoms with Gasteiger partial charge in [-0.2, -0.15) is 5.10 Å². The zero-order chi connectivity index (χ0) is 8.55. The molecule has 0 fully saturated rings. The zero-order valence-electron chi connectivity index (χ0n) is 5.98. The first kappa shape index (κ1) is 6.78. The Labute approximate surface area is 67.1 Å². The van der Waals surface area contributed by atoms with Gasteiger partial charge >= 0.3 is 5.97 Å². The molecule has 0 unspecified atom stereocenters. The fraction of sp³-hybridized carbons (Fsp3) is 0. The van der Waals surface area contributed by atoms with Crippen LogP contribution in [0.15, 0.2) is 18.5 Å². The Bertz CT molecular complexity index is 435. The summed E-state index contributed by atoms with van der Waals surface area (Å²) >= 11 is 0. The molecule has 0 bridgehead atoms. The van der Waals surface area contributed by atoms with Gasteiger partial charge in [-0.3, -0.25) is 10.1 Å². The summed E-state index contributed by atoms with van der Waals surface area (Å²) in [5, 5.41) is 15.0. The van der Waals surface area contributed by atoms with E-state index in [4.69, 9.17) is 5.11 Å². The minimum absolute atomic E-state index is 0.168. The molecular formula is C7H5N3O2. The first-order valence-corrected chi connectivity index (χ1v) is 3.31. The van der Waals surface area contributed by atoms with Gasteiger partial charge in [-0.25, -0.2) is 4.79 Å². The lowest BCUT2D eigenvalue weighted by Gasteiger charge is -1.92. The quantitative estimate of drug-likeness (QED) is 0.647. The van der Waals surface area contributed by atoms with Crippen LogP contribution in [0.3, 0.4) is 0 Å². The maximum absolute atomic E-state index is 10.6. The highest BCUT2D eigenvalue weighted by atomic mass is 16.4. The van der Waals surface area contributed by atoms with Gasteiger partial charge in [0.05, 0.1) is 5.56 Å². The Morgan fingerprint density at radius 1 is 1.58 bits per heavy atom. The van der Waals surface area contributed by atoms with Gasteiger partial charge in [-0.1, -0.05) is 0 Å². The number of hydrogen-bond donors (Lipinski definition) is 2.